The standard InChI is InChI=1S/C11H18N4O2/c1-12-5-8-3-4-10(11(16)17)15(8)9-6-13-14(2)7-9/h6-8,10,12H,3-5H2,1-2H3,(H,16,17)/t8-,10+/m0/s1. The molecule has 0 spiro atoms. The summed E-state index contributed by atoms with van der Waals surface area (Å²) in [7, 11) is 3.72. The highest BCUT2D eigenvalue weighted by atomic mass is 16.4. The average Bonchev–Trinajstić information content (AvgIpc) is 2.84. The maximum Gasteiger partial charge on any atom is 0.326 e. The van der Waals surface area contributed by atoms with Gasteiger partial charge in [0.15, 0.2) is 0 Å². The summed E-state index contributed by atoms with van der Waals surface area (Å²) in [5, 5.41) is 16.5. The largest absolute Gasteiger partial charge is 0.480 e. The van der Waals surface area contributed by atoms with Gasteiger partial charge in [0.25, 0.3) is 0 Å². The second kappa shape index (κ2) is 4.75. The van der Waals surface area contributed by atoms with E-state index in [4.69, 9.17) is 0 Å². The van der Waals surface area contributed by atoms with Gasteiger partial charge in [-0.05, 0) is 19.9 Å². The van der Waals surface area contributed by atoms with E-state index in [1.54, 1.807) is 10.9 Å². The maximum absolute atomic E-state index is 11.3. The van der Waals surface area contributed by atoms with Gasteiger partial charge in [-0.2, -0.15) is 5.10 Å². The lowest BCUT2D eigenvalue weighted by molar-refractivity contribution is -0.138. The van der Waals surface area contributed by atoms with Crippen molar-refractivity contribution < 1.29 is 9.90 Å². The summed E-state index contributed by atoms with van der Waals surface area (Å²) in [5.74, 6) is -0.757. The molecule has 0 unspecified atom stereocenters. The molecule has 1 aromatic rings. The Kier molecular flexibility index (Phi) is 3.33. The van der Waals surface area contributed by atoms with E-state index in [9.17, 15) is 9.90 Å². The molecule has 2 atom stereocenters. The molecule has 0 radical (unpaired) electrons. The predicted octanol–water partition coefficient (Wildman–Crippen LogP) is 0.0615. The van der Waals surface area contributed by atoms with Crippen molar-refractivity contribution in [2.45, 2.75) is 24.9 Å². The Labute approximate surface area is 100 Å². The van der Waals surface area contributed by atoms with Crippen LogP contribution >= 0.6 is 0 Å². The number of likely N-dealkylation sites (N-methyl/N-ethyl adjacent to an activating group) is 1. The number of carboxylic acid groups (broad SMARTS) is 1. The number of anilines is 1. The van der Waals surface area contributed by atoms with Crippen LogP contribution in [0.3, 0.4) is 0 Å². The number of hydrogen-bond acceptors (Lipinski definition) is 4. The first-order valence-corrected chi connectivity index (χ1v) is 5.78. The molecule has 94 valence electrons. The quantitative estimate of drug-likeness (QED) is 0.776. The van der Waals surface area contributed by atoms with Gasteiger partial charge in [-0.25, -0.2) is 4.79 Å². The van der Waals surface area contributed by atoms with Crippen molar-refractivity contribution in [3.8, 4) is 0 Å². The zero-order chi connectivity index (χ0) is 12.4. The van der Waals surface area contributed by atoms with Gasteiger partial charge in [0, 0.05) is 25.8 Å². The Morgan fingerprint density at radius 1 is 1.65 bits per heavy atom. The minimum Gasteiger partial charge on any atom is -0.480 e. The number of rotatable bonds is 4. The molecule has 1 aliphatic rings. The minimum absolute atomic E-state index is 0.227. The fourth-order valence-corrected chi connectivity index (χ4v) is 2.49. The summed E-state index contributed by atoms with van der Waals surface area (Å²) in [6.07, 6.45) is 5.18. The Hall–Kier alpha value is -1.56. The molecule has 6 heteroatoms. The molecule has 1 aromatic heterocycles. The van der Waals surface area contributed by atoms with E-state index in [0.29, 0.717) is 6.42 Å². The monoisotopic (exact) mass is 238 g/mol. The van der Waals surface area contributed by atoms with E-state index < -0.39 is 12.0 Å². The van der Waals surface area contributed by atoms with Crippen molar-refractivity contribution in [1.82, 2.24) is 15.1 Å². The smallest absolute Gasteiger partial charge is 0.326 e. The first kappa shape index (κ1) is 11.9. The molecule has 1 aliphatic heterocycles. The zero-order valence-electron chi connectivity index (χ0n) is 10.1. The van der Waals surface area contributed by atoms with Crippen LogP contribution in [0.15, 0.2) is 12.4 Å². The zero-order valence-corrected chi connectivity index (χ0v) is 10.1. The van der Waals surface area contributed by atoms with Crippen LogP contribution in [-0.4, -0.2) is 46.5 Å². The molecule has 2 rings (SSSR count). The lowest BCUT2D eigenvalue weighted by Gasteiger charge is -2.28. The maximum atomic E-state index is 11.3. The number of carboxylic acids is 1. The molecular weight excluding hydrogens is 220 g/mol. The molecule has 0 aliphatic carbocycles. The summed E-state index contributed by atoms with van der Waals surface area (Å²) in [6.45, 7) is 0.790. The van der Waals surface area contributed by atoms with Crippen LogP contribution in [0.2, 0.25) is 0 Å². The summed E-state index contributed by atoms with van der Waals surface area (Å²) in [4.78, 5) is 13.2. The van der Waals surface area contributed by atoms with Crippen molar-refractivity contribution in [3.63, 3.8) is 0 Å². The molecule has 0 saturated carbocycles. The second-order valence-corrected chi connectivity index (χ2v) is 4.42. The van der Waals surface area contributed by atoms with Crippen LogP contribution in [0.1, 0.15) is 12.8 Å². The summed E-state index contributed by atoms with van der Waals surface area (Å²) < 4.78 is 1.70. The van der Waals surface area contributed by atoms with Crippen LogP contribution < -0.4 is 10.2 Å². The first-order chi connectivity index (χ1) is 8.13. The number of nitrogens with one attached hydrogen (secondary N) is 1. The Balaban J connectivity index is 2.25. The predicted molar refractivity (Wildman–Crippen MR) is 64.1 cm³/mol. The Morgan fingerprint density at radius 3 is 2.94 bits per heavy atom. The van der Waals surface area contributed by atoms with Crippen LogP contribution in [0.25, 0.3) is 0 Å². The third kappa shape index (κ3) is 2.26. The van der Waals surface area contributed by atoms with Crippen molar-refractivity contribution in [1.29, 1.82) is 0 Å². The van der Waals surface area contributed by atoms with E-state index in [1.807, 2.05) is 25.2 Å². The van der Waals surface area contributed by atoms with Gasteiger partial charge in [0.1, 0.15) is 6.04 Å². The van der Waals surface area contributed by atoms with Crippen molar-refractivity contribution in [2.75, 3.05) is 18.5 Å². The van der Waals surface area contributed by atoms with Crippen LogP contribution in [-0.2, 0) is 11.8 Å². The molecule has 1 saturated heterocycles. The van der Waals surface area contributed by atoms with Crippen LogP contribution in [0.5, 0.6) is 0 Å². The number of aliphatic carboxylic acids is 1. The fourth-order valence-electron chi connectivity index (χ4n) is 2.49. The molecule has 17 heavy (non-hydrogen) atoms. The topological polar surface area (TPSA) is 70.4 Å². The SMILES string of the molecule is CNC[C@@H]1CC[C@H](C(=O)O)N1c1cnn(C)c1. The highest BCUT2D eigenvalue weighted by Crippen LogP contribution is 2.30. The molecular formula is C11H18N4O2. The minimum atomic E-state index is -0.757. The van der Waals surface area contributed by atoms with E-state index in [1.165, 1.54) is 0 Å². The van der Waals surface area contributed by atoms with Gasteiger partial charge in [-0.15, -0.1) is 0 Å². The van der Waals surface area contributed by atoms with E-state index in [-0.39, 0.29) is 6.04 Å². The number of nitrogens with zero attached hydrogens (tertiary/aromatic N) is 3. The van der Waals surface area contributed by atoms with Crippen LogP contribution in [0, 0.1) is 0 Å². The van der Waals surface area contributed by atoms with E-state index in [0.717, 1.165) is 18.7 Å². The number of hydrogen-bond donors (Lipinski definition) is 2. The summed E-state index contributed by atoms with van der Waals surface area (Å²) in [6, 6.07) is -0.206. The van der Waals surface area contributed by atoms with Gasteiger partial charge < -0.3 is 15.3 Å². The molecule has 1 fully saturated rings. The number of carbonyl (C=O) groups is 1. The van der Waals surface area contributed by atoms with Crippen molar-refractivity contribution in [2.24, 2.45) is 7.05 Å². The van der Waals surface area contributed by atoms with E-state index >= 15 is 0 Å². The molecule has 2 heterocycles. The molecule has 0 bridgehead atoms. The Bertz CT molecular complexity index is 404. The molecule has 0 amide bonds. The van der Waals surface area contributed by atoms with Crippen molar-refractivity contribution >= 4 is 11.7 Å². The third-order valence-electron chi connectivity index (χ3n) is 3.22. The number of aryl methyl sites for hydroxylation is 1. The highest BCUT2D eigenvalue weighted by molar-refractivity contribution is 5.79. The lowest BCUT2D eigenvalue weighted by atomic mass is 10.2. The van der Waals surface area contributed by atoms with Crippen LogP contribution in [0.4, 0.5) is 5.69 Å². The molecule has 2 N–H and O–H groups in total. The fraction of sp³-hybridized carbons (Fsp3) is 0.636. The van der Waals surface area contributed by atoms with Gasteiger partial charge in [0.05, 0.1) is 11.9 Å². The third-order valence-corrected chi connectivity index (χ3v) is 3.22. The highest BCUT2D eigenvalue weighted by Gasteiger charge is 2.38. The van der Waals surface area contributed by atoms with Gasteiger partial charge in [0.2, 0.25) is 0 Å². The normalized spacial score (nSPS) is 24.2. The lowest BCUT2D eigenvalue weighted by Crippen LogP contribution is -2.44. The first-order valence-electron chi connectivity index (χ1n) is 5.78. The number of aromatic nitrogens is 2. The summed E-state index contributed by atoms with van der Waals surface area (Å²) in [5.41, 5.74) is 0.887. The molecule has 6 nitrogen and oxygen atoms in total. The molecule has 0 aromatic carbocycles. The van der Waals surface area contributed by atoms with Gasteiger partial charge in [-0.3, -0.25) is 4.68 Å². The van der Waals surface area contributed by atoms with Gasteiger partial charge >= 0.3 is 5.97 Å². The second-order valence-electron chi connectivity index (χ2n) is 4.42. The Morgan fingerprint density at radius 2 is 2.41 bits per heavy atom. The average molecular weight is 238 g/mol. The van der Waals surface area contributed by atoms with Crippen molar-refractivity contribution in [3.05, 3.63) is 12.4 Å². The van der Waals surface area contributed by atoms with E-state index in [2.05, 4.69) is 10.4 Å². The summed E-state index contributed by atoms with van der Waals surface area (Å²) >= 11 is 0. The van der Waals surface area contributed by atoms with Gasteiger partial charge in [-0.1, -0.05) is 0 Å².